The van der Waals surface area contributed by atoms with E-state index >= 15 is 0 Å². The number of hydrogen-bond acceptors (Lipinski definition) is 6. The molecule has 1 amide bonds. The molecule has 1 heterocycles. The van der Waals surface area contributed by atoms with Crippen LogP contribution in [0.15, 0.2) is 40.7 Å². The minimum atomic E-state index is -3.76. The Balaban J connectivity index is 2.13. The Hall–Kier alpha value is -1.26. The third kappa shape index (κ3) is 5.88. The Morgan fingerprint density at radius 3 is 2.42 bits per heavy atom. The van der Waals surface area contributed by atoms with Gasteiger partial charge in [-0.2, -0.15) is 0 Å². The molecule has 1 aromatic heterocycles. The van der Waals surface area contributed by atoms with Crippen LogP contribution in [-0.2, 0) is 14.8 Å². The second-order valence-electron chi connectivity index (χ2n) is 5.01. The maximum absolute atomic E-state index is 12.3. The van der Waals surface area contributed by atoms with Crippen molar-refractivity contribution in [2.45, 2.75) is 28.2 Å². The number of hydrogen-bond donors (Lipinski definition) is 3. The molecule has 0 radical (unpaired) electrons. The maximum atomic E-state index is 12.3. The molecule has 2 rings (SSSR count). The molecule has 0 spiro atoms. The number of halogens is 3. The van der Waals surface area contributed by atoms with Crippen molar-refractivity contribution in [3.05, 3.63) is 35.8 Å². The average molecular weight is 458 g/mol. The number of nitrogens with one attached hydrogen (secondary N) is 3. The standard InChI is InChI=1S/C14H15Cl3N4O3S2/c1-2-11(22)20-12(14(15,16)17)19-9-3-5-10(6-4-9)26(23,24)21-13-18-7-8-25-13/h3-8,12,19H,2H2,1H3,(H,18,21)(H,20,22). The fourth-order valence-corrected chi connectivity index (χ4v) is 3.92. The Kier molecular flexibility index (Phi) is 6.98. The van der Waals surface area contributed by atoms with Gasteiger partial charge in [0.05, 0.1) is 4.90 Å². The van der Waals surface area contributed by atoms with E-state index in [1.807, 2.05) is 0 Å². The second-order valence-corrected chi connectivity index (χ2v) is 9.95. The van der Waals surface area contributed by atoms with Gasteiger partial charge in [-0.1, -0.05) is 41.7 Å². The summed E-state index contributed by atoms with van der Waals surface area (Å²) in [5, 5.41) is 7.33. The van der Waals surface area contributed by atoms with Gasteiger partial charge in [0.1, 0.15) is 6.17 Å². The van der Waals surface area contributed by atoms with Gasteiger partial charge in [-0.15, -0.1) is 11.3 Å². The number of amides is 1. The first kappa shape index (κ1) is 21.0. The molecule has 0 aliphatic heterocycles. The topological polar surface area (TPSA) is 100 Å². The predicted octanol–water partition coefficient (Wildman–Crippen LogP) is 3.58. The summed E-state index contributed by atoms with van der Waals surface area (Å²) in [4.78, 5) is 15.5. The summed E-state index contributed by atoms with van der Waals surface area (Å²) in [6, 6.07) is 5.76. The quantitative estimate of drug-likeness (QED) is 0.436. The minimum absolute atomic E-state index is 0.0428. The van der Waals surface area contributed by atoms with Crippen LogP contribution in [0.4, 0.5) is 10.8 Å². The van der Waals surface area contributed by atoms with Crippen LogP contribution in [0.25, 0.3) is 0 Å². The van der Waals surface area contributed by atoms with Crippen LogP contribution < -0.4 is 15.4 Å². The van der Waals surface area contributed by atoms with Crippen LogP contribution in [0.3, 0.4) is 0 Å². The van der Waals surface area contributed by atoms with E-state index in [0.717, 1.165) is 0 Å². The molecule has 1 atom stereocenters. The highest BCUT2D eigenvalue weighted by Crippen LogP contribution is 2.31. The molecule has 0 saturated carbocycles. The average Bonchev–Trinajstić information content (AvgIpc) is 3.06. The summed E-state index contributed by atoms with van der Waals surface area (Å²) in [7, 11) is -3.76. The van der Waals surface area contributed by atoms with Crippen LogP contribution in [0, 0.1) is 0 Å². The summed E-state index contributed by atoms with van der Waals surface area (Å²) >= 11 is 18.8. The number of carbonyl (C=O) groups is 1. The number of anilines is 2. The van der Waals surface area contributed by atoms with Crippen LogP contribution in [0.1, 0.15) is 13.3 Å². The molecule has 0 fully saturated rings. The smallest absolute Gasteiger partial charge is 0.263 e. The molecule has 0 saturated heterocycles. The first-order valence-electron chi connectivity index (χ1n) is 7.27. The summed E-state index contributed by atoms with van der Waals surface area (Å²) in [5.74, 6) is -0.305. The van der Waals surface area contributed by atoms with Gasteiger partial charge < -0.3 is 10.6 Å². The molecule has 0 aliphatic carbocycles. The summed E-state index contributed by atoms with van der Waals surface area (Å²) in [6.45, 7) is 1.67. The van der Waals surface area contributed by atoms with Crippen LogP contribution in [0.2, 0.25) is 0 Å². The van der Waals surface area contributed by atoms with Gasteiger partial charge in [0.2, 0.25) is 9.70 Å². The highest BCUT2D eigenvalue weighted by atomic mass is 35.6. The number of rotatable bonds is 7. The lowest BCUT2D eigenvalue weighted by molar-refractivity contribution is -0.121. The second kappa shape index (κ2) is 8.62. The van der Waals surface area contributed by atoms with Crippen LogP contribution in [0.5, 0.6) is 0 Å². The molecule has 1 aromatic carbocycles. The molecule has 12 heteroatoms. The third-order valence-electron chi connectivity index (χ3n) is 3.08. The zero-order chi connectivity index (χ0) is 19.4. The first-order valence-corrected chi connectivity index (χ1v) is 10.8. The van der Waals surface area contributed by atoms with E-state index < -0.39 is 20.0 Å². The van der Waals surface area contributed by atoms with Crippen molar-refractivity contribution in [2.75, 3.05) is 10.0 Å². The minimum Gasteiger partial charge on any atom is -0.362 e. The van der Waals surface area contributed by atoms with E-state index in [1.165, 1.54) is 41.8 Å². The normalized spacial score (nSPS) is 13.1. The number of aromatic nitrogens is 1. The summed E-state index contributed by atoms with van der Waals surface area (Å²) in [5.41, 5.74) is 0.464. The number of benzene rings is 1. The lowest BCUT2D eigenvalue weighted by Gasteiger charge is -2.27. The van der Waals surface area contributed by atoms with Crippen molar-refractivity contribution >= 4 is 72.9 Å². The van der Waals surface area contributed by atoms with Gasteiger partial charge in [0.15, 0.2) is 5.13 Å². The SMILES string of the molecule is CCC(=O)NC(Nc1ccc(S(=O)(=O)Nc2nccs2)cc1)C(Cl)(Cl)Cl. The molecule has 142 valence electrons. The number of alkyl halides is 3. The van der Waals surface area contributed by atoms with Gasteiger partial charge in [0.25, 0.3) is 10.0 Å². The summed E-state index contributed by atoms with van der Waals surface area (Å²) < 4.78 is 25.2. The first-order chi connectivity index (χ1) is 12.1. The van der Waals surface area contributed by atoms with Gasteiger partial charge in [-0.25, -0.2) is 13.4 Å². The molecule has 0 bridgehead atoms. The molecule has 3 N–H and O–H groups in total. The van der Waals surface area contributed by atoms with Gasteiger partial charge >= 0.3 is 0 Å². The lowest BCUT2D eigenvalue weighted by atomic mass is 10.3. The van der Waals surface area contributed by atoms with Gasteiger partial charge in [-0.3, -0.25) is 9.52 Å². The Morgan fingerprint density at radius 1 is 1.27 bits per heavy atom. The van der Waals surface area contributed by atoms with Crippen molar-refractivity contribution in [3.63, 3.8) is 0 Å². The van der Waals surface area contributed by atoms with Crippen molar-refractivity contribution < 1.29 is 13.2 Å². The number of nitrogens with zero attached hydrogens (tertiary/aromatic N) is 1. The molecule has 0 aliphatic rings. The fraction of sp³-hybridized carbons (Fsp3) is 0.286. The highest BCUT2D eigenvalue weighted by Gasteiger charge is 2.33. The molecule has 2 aromatic rings. The number of thiazole rings is 1. The van der Waals surface area contributed by atoms with Crippen LogP contribution in [-0.4, -0.2) is 29.3 Å². The summed E-state index contributed by atoms with van der Waals surface area (Å²) in [6.07, 6.45) is 0.728. The molecular weight excluding hydrogens is 443 g/mol. The van der Waals surface area contributed by atoms with Crippen LogP contribution >= 0.6 is 46.1 Å². The zero-order valence-corrected chi connectivity index (χ0v) is 17.3. The van der Waals surface area contributed by atoms with Crippen molar-refractivity contribution in [1.29, 1.82) is 0 Å². The van der Waals surface area contributed by atoms with E-state index in [9.17, 15) is 13.2 Å². The number of sulfonamides is 1. The van der Waals surface area contributed by atoms with E-state index in [0.29, 0.717) is 5.69 Å². The largest absolute Gasteiger partial charge is 0.362 e. The lowest BCUT2D eigenvalue weighted by Crippen LogP contribution is -2.48. The Labute approximate surface area is 170 Å². The third-order valence-corrected chi connectivity index (χ3v) is 5.91. The van der Waals surface area contributed by atoms with Crippen molar-refractivity contribution in [1.82, 2.24) is 10.3 Å². The zero-order valence-electron chi connectivity index (χ0n) is 13.4. The highest BCUT2D eigenvalue weighted by molar-refractivity contribution is 7.93. The van der Waals surface area contributed by atoms with Gasteiger partial charge in [0, 0.05) is 23.7 Å². The Morgan fingerprint density at radius 2 is 1.92 bits per heavy atom. The molecule has 1 unspecified atom stereocenters. The van der Waals surface area contributed by atoms with Gasteiger partial charge in [-0.05, 0) is 24.3 Å². The monoisotopic (exact) mass is 456 g/mol. The van der Waals surface area contributed by atoms with E-state index in [1.54, 1.807) is 12.3 Å². The maximum Gasteiger partial charge on any atom is 0.263 e. The van der Waals surface area contributed by atoms with E-state index in [-0.39, 0.29) is 22.4 Å². The predicted molar refractivity (Wildman–Crippen MR) is 105 cm³/mol. The van der Waals surface area contributed by atoms with E-state index in [2.05, 4.69) is 20.3 Å². The molecule has 26 heavy (non-hydrogen) atoms. The van der Waals surface area contributed by atoms with Crippen molar-refractivity contribution in [3.8, 4) is 0 Å². The molecule has 7 nitrogen and oxygen atoms in total. The van der Waals surface area contributed by atoms with Crippen molar-refractivity contribution in [2.24, 2.45) is 0 Å². The van der Waals surface area contributed by atoms with E-state index in [4.69, 9.17) is 34.8 Å². The number of carbonyl (C=O) groups excluding carboxylic acids is 1. The fourth-order valence-electron chi connectivity index (χ4n) is 1.81. The Bertz CT molecular complexity index is 837. The molecular formula is C14H15Cl3N4O3S2.